The Labute approximate surface area is 95.4 Å². The van der Waals surface area contributed by atoms with E-state index in [9.17, 15) is 4.79 Å². The molecule has 2 nitrogen and oxygen atoms in total. The van der Waals surface area contributed by atoms with Crippen molar-refractivity contribution in [1.82, 2.24) is 0 Å². The van der Waals surface area contributed by atoms with E-state index in [1.165, 1.54) is 13.0 Å². The van der Waals surface area contributed by atoms with Gasteiger partial charge < -0.3 is 4.79 Å². The van der Waals surface area contributed by atoms with Gasteiger partial charge in [0.05, 0.1) is 5.78 Å². The number of ketones is 1. The van der Waals surface area contributed by atoms with Gasteiger partial charge in [-0.25, -0.2) is 6.58 Å². The second-order valence-electron chi connectivity index (χ2n) is 1.08. The molecule has 0 fully saturated rings. The molecule has 4 heteroatoms. The molecule has 0 unspecified atom stereocenters. The molecule has 0 heterocycles. The fourth-order valence-electron chi connectivity index (χ4n) is 0.0787. The maximum atomic E-state index is 9.99. The summed E-state index contributed by atoms with van der Waals surface area (Å²) < 4.78 is 0. The summed E-state index contributed by atoms with van der Waals surface area (Å²) in [6, 6.07) is 1.51. The van der Waals surface area contributed by atoms with Crippen molar-refractivity contribution in [2.75, 3.05) is 0 Å². The molecule has 11 heavy (non-hydrogen) atoms. The number of nitriles is 1. The van der Waals surface area contributed by atoms with Gasteiger partial charge in [-0.15, -0.1) is 0 Å². The Hall–Kier alpha value is 0.225. The number of allylic oxidation sites excluding steroid dienone is 1. The van der Waals surface area contributed by atoms with Crippen LogP contribution >= 0.6 is 0 Å². The normalized spacial score (nSPS) is 4.91. The van der Waals surface area contributed by atoms with Crippen LogP contribution in [0.2, 0.25) is 0 Å². The van der Waals surface area contributed by atoms with E-state index in [2.05, 4.69) is 0 Å². The second kappa shape index (κ2) is 16.7. The van der Waals surface area contributed by atoms with Gasteiger partial charge in [0.2, 0.25) is 0 Å². The summed E-state index contributed by atoms with van der Waals surface area (Å²) in [6.45, 7) is 10.1. The average Bonchev–Trinajstić information content (AvgIpc) is 1.91. The molecule has 0 aliphatic rings. The van der Waals surface area contributed by atoms with E-state index >= 15 is 0 Å². The number of hydrogen-bond donors (Lipinski definition) is 0. The van der Waals surface area contributed by atoms with E-state index in [4.69, 9.17) is 11.8 Å². The van der Waals surface area contributed by atoms with Crippen LogP contribution in [0.15, 0.2) is 5.57 Å². The van der Waals surface area contributed by atoms with Crippen molar-refractivity contribution in [3.8, 4) is 6.07 Å². The Morgan fingerprint density at radius 3 is 1.64 bits per heavy atom. The van der Waals surface area contributed by atoms with Gasteiger partial charge in [-0.1, -0.05) is 25.5 Å². The first-order valence-electron chi connectivity index (χ1n) is 2.72. The van der Waals surface area contributed by atoms with Gasteiger partial charge in [-0.05, 0) is 6.92 Å². The van der Waals surface area contributed by atoms with Gasteiger partial charge in [0.1, 0.15) is 0 Å². The molecular formula is C7H10NORe2-. The number of hydrogen-bond acceptors (Lipinski definition) is 2. The van der Waals surface area contributed by atoms with Crippen molar-refractivity contribution in [2.45, 2.75) is 20.8 Å². The third kappa shape index (κ3) is 17.9. The SMILES string of the molecule is CC.[CH-]=C(C#N)C(C)=O.[Re].[Re]. The number of rotatable bonds is 1. The molecule has 0 aliphatic heterocycles. The van der Waals surface area contributed by atoms with Crippen LogP contribution in [0.5, 0.6) is 0 Å². The molecule has 64 valence electrons. The first-order valence-corrected chi connectivity index (χ1v) is 2.72. The molecule has 0 aromatic heterocycles. The fraction of sp³-hybridized carbons (Fsp3) is 0.429. The fourth-order valence-corrected chi connectivity index (χ4v) is 0.0787. The van der Waals surface area contributed by atoms with Gasteiger partial charge in [0.15, 0.2) is 0 Å². The summed E-state index contributed by atoms with van der Waals surface area (Å²) in [7, 11) is 0. The van der Waals surface area contributed by atoms with E-state index in [0.717, 1.165) is 0 Å². The van der Waals surface area contributed by atoms with Gasteiger partial charge >= 0.3 is 0 Å². The van der Waals surface area contributed by atoms with Crippen molar-refractivity contribution in [3.05, 3.63) is 12.2 Å². The van der Waals surface area contributed by atoms with Crippen molar-refractivity contribution < 1.29 is 45.6 Å². The van der Waals surface area contributed by atoms with Crippen LogP contribution in [0.1, 0.15) is 20.8 Å². The number of nitrogens with zero attached hydrogens (tertiary/aromatic N) is 1. The van der Waals surface area contributed by atoms with Crippen LogP contribution in [0.3, 0.4) is 0 Å². The van der Waals surface area contributed by atoms with Gasteiger partial charge in [0.25, 0.3) is 0 Å². The van der Waals surface area contributed by atoms with Crippen molar-refractivity contribution in [2.24, 2.45) is 0 Å². The molecule has 0 spiro atoms. The van der Waals surface area contributed by atoms with Crippen LogP contribution < -0.4 is 0 Å². The minimum Gasteiger partial charge on any atom is -0.370 e. The van der Waals surface area contributed by atoms with Crippen molar-refractivity contribution >= 4 is 5.78 Å². The Bertz CT molecular complexity index is 149. The summed E-state index contributed by atoms with van der Waals surface area (Å²) in [5.41, 5.74) is -0.236. The van der Waals surface area contributed by atoms with E-state index in [-0.39, 0.29) is 52.2 Å². The molecule has 0 saturated heterocycles. The molecule has 0 atom stereocenters. The zero-order valence-corrected chi connectivity index (χ0v) is 12.1. The summed E-state index contributed by atoms with van der Waals surface area (Å²) in [5.74, 6) is -0.373. The minimum atomic E-state index is -0.373. The average molecular weight is 497 g/mol. The predicted octanol–water partition coefficient (Wildman–Crippen LogP) is 1.48. The van der Waals surface area contributed by atoms with Crippen molar-refractivity contribution in [3.63, 3.8) is 0 Å². The van der Waals surface area contributed by atoms with Gasteiger partial charge in [-0.3, -0.25) is 5.26 Å². The quantitative estimate of drug-likeness (QED) is 0.314. The van der Waals surface area contributed by atoms with Crippen LogP contribution in [-0.2, 0) is 45.6 Å². The van der Waals surface area contributed by atoms with E-state index in [0.29, 0.717) is 0 Å². The van der Waals surface area contributed by atoms with Crippen molar-refractivity contribution in [1.29, 1.82) is 5.26 Å². The molecule has 0 N–H and O–H groups in total. The maximum absolute atomic E-state index is 9.99. The predicted molar refractivity (Wildman–Crippen MR) is 35.5 cm³/mol. The minimum absolute atomic E-state index is 0. The molecular weight excluding hydrogens is 486 g/mol. The third-order valence-corrected chi connectivity index (χ3v) is 0.500. The first kappa shape index (κ1) is 22.5. The Kier molecular flexibility index (Phi) is 34.1. The van der Waals surface area contributed by atoms with Crippen LogP contribution in [-0.4, -0.2) is 5.78 Å². The molecule has 0 rings (SSSR count). The Balaban J connectivity index is -0.0000000564. The molecule has 0 amide bonds. The van der Waals surface area contributed by atoms with E-state index in [1.807, 2.05) is 13.8 Å². The van der Waals surface area contributed by atoms with Crippen LogP contribution in [0.4, 0.5) is 0 Å². The number of Topliss-reactive ketones (excluding diaryl/α,β-unsaturated/α-hetero) is 1. The zero-order valence-electron chi connectivity index (χ0n) is 6.69. The maximum Gasteiger partial charge on any atom is 0.0548 e. The second-order valence-corrected chi connectivity index (χ2v) is 1.08. The first-order chi connectivity index (χ1) is 4.18. The zero-order chi connectivity index (χ0) is 7.86. The molecule has 0 aromatic rings. The monoisotopic (exact) mass is 498 g/mol. The number of carbonyl (C=O) groups is 1. The van der Waals surface area contributed by atoms with E-state index < -0.39 is 0 Å². The Morgan fingerprint density at radius 2 is 1.64 bits per heavy atom. The smallest absolute Gasteiger partial charge is 0.0548 e. The third-order valence-electron chi connectivity index (χ3n) is 0.500. The number of carbonyl (C=O) groups excluding carboxylic acids is 1. The molecule has 0 aromatic carbocycles. The largest absolute Gasteiger partial charge is 0.370 e. The standard InChI is InChI=1S/C5H4NO.C2H6.2Re/c1-4(3-6)5(2)7;1-2;;/h1H,2H3;1-2H3;;/q-1;;;. The molecule has 0 aliphatic carbocycles. The van der Waals surface area contributed by atoms with Gasteiger partial charge in [-0.2, -0.15) is 0 Å². The van der Waals surface area contributed by atoms with Gasteiger partial charge in [0, 0.05) is 40.8 Å². The Morgan fingerprint density at radius 1 is 1.36 bits per heavy atom. The van der Waals surface area contributed by atoms with Crippen LogP contribution in [0.25, 0.3) is 0 Å². The molecule has 2 radical (unpaired) electrons. The molecule has 0 bridgehead atoms. The van der Waals surface area contributed by atoms with E-state index in [1.54, 1.807) is 0 Å². The summed E-state index contributed by atoms with van der Waals surface area (Å²) in [6.07, 6.45) is 0. The van der Waals surface area contributed by atoms with Crippen LogP contribution in [0, 0.1) is 17.9 Å². The summed E-state index contributed by atoms with van der Waals surface area (Å²) >= 11 is 0. The topological polar surface area (TPSA) is 40.9 Å². The molecule has 0 saturated carbocycles. The summed E-state index contributed by atoms with van der Waals surface area (Å²) in [5, 5.41) is 7.87. The summed E-state index contributed by atoms with van der Waals surface area (Å²) in [4.78, 5) is 9.99.